The van der Waals surface area contributed by atoms with Crippen molar-refractivity contribution >= 4 is 11.0 Å². The second kappa shape index (κ2) is 5.33. The van der Waals surface area contributed by atoms with Crippen LogP contribution in [-0.2, 0) is 0 Å². The van der Waals surface area contributed by atoms with Crippen molar-refractivity contribution in [2.24, 2.45) is 0 Å². The van der Waals surface area contributed by atoms with Crippen LogP contribution in [0.4, 0.5) is 0 Å². The standard InChI is InChI=1S/C16H23N3/c1-3-12(2)19-9-6-13(7-10-19)14-11-18-15-5-4-8-17-16(14)15/h4-5,8,11-13,18H,3,6-7,9-10H2,1-2H3. The Morgan fingerprint density at radius 2 is 2.21 bits per heavy atom. The molecule has 1 aliphatic rings. The van der Waals surface area contributed by atoms with Crippen molar-refractivity contribution in [3.63, 3.8) is 0 Å². The highest BCUT2D eigenvalue weighted by Gasteiger charge is 2.24. The third-order valence-corrected chi connectivity index (χ3v) is 4.65. The summed E-state index contributed by atoms with van der Waals surface area (Å²) in [6, 6.07) is 4.83. The van der Waals surface area contributed by atoms with Gasteiger partial charge in [0.1, 0.15) is 0 Å². The molecule has 0 bridgehead atoms. The second-order valence-corrected chi connectivity index (χ2v) is 5.71. The molecular formula is C16H23N3. The van der Waals surface area contributed by atoms with E-state index in [0.717, 1.165) is 6.04 Å². The lowest BCUT2D eigenvalue weighted by molar-refractivity contribution is 0.158. The number of hydrogen-bond donors (Lipinski definition) is 1. The predicted octanol–water partition coefficient (Wildman–Crippen LogP) is 3.54. The van der Waals surface area contributed by atoms with Gasteiger partial charge in [0.2, 0.25) is 0 Å². The van der Waals surface area contributed by atoms with Gasteiger partial charge in [0, 0.05) is 18.4 Å². The fraction of sp³-hybridized carbons (Fsp3) is 0.562. The van der Waals surface area contributed by atoms with Gasteiger partial charge in [0.25, 0.3) is 0 Å². The summed E-state index contributed by atoms with van der Waals surface area (Å²) in [4.78, 5) is 10.5. The van der Waals surface area contributed by atoms with Gasteiger partial charge in [-0.1, -0.05) is 6.92 Å². The summed E-state index contributed by atoms with van der Waals surface area (Å²) in [5.41, 5.74) is 3.76. The summed E-state index contributed by atoms with van der Waals surface area (Å²) in [6.07, 6.45) is 7.83. The molecule has 3 rings (SSSR count). The minimum atomic E-state index is 0.670. The molecule has 1 saturated heterocycles. The molecule has 0 spiro atoms. The van der Waals surface area contributed by atoms with Gasteiger partial charge in [-0.25, -0.2) is 0 Å². The molecule has 19 heavy (non-hydrogen) atoms. The summed E-state index contributed by atoms with van der Waals surface area (Å²) in [5.74, 6) is 0.670. The first-order chi connectivity index (χ1) is 9.29. The number of nitrogens with zero attached hydrogens (tertiary/aromatic N) is 2. The predicted molar refractivity (Wildman–Crippen MR) is 79.4 cm³/mol. The van der Waals surface area contributed by atoms with Crippen LogP contribution in [0.1, 0.15) is 44.6 Å². The Hall–Kier alpha value is -1.35. The molecule has 0 radical (unpaired) electrons. The van der Waals surface area contributed by atoms with E-state index in [0.29, 0.717) is 5.92 Å². The molecule has 1 atom stereocenters. The number of pyridine rings is 1. The van der Waals surface area contributed by atoms with Crippen LogP contribution in [0.5, 0.6) is 0 Å². The van der Waals surface area contributed by atoms with Crippen LogP contribution in [-0.4, -0.2) is 34.0 Å². The molecule has 1 fully saturated rings. The zero-order valence-electron chi connectivity index (χ0n) is 11.9. The number of likely N-dealkylation sites (tertiary alicyclic amines) is 1. The van der Waals surface area contributed by atoms with Crippen molar-refractivity contribution < 1.29 is 0 Å². The minimum Gasteiger partial charge on any atom is -0.360 e. The average molecular weight is 257 g/mol. The van der Waals surface area contributed by atoms with Gasteiger partial charge in [-0.15, -0.1) is 0 Å². The normalized spacial score (nSPS) is 19.9. The molecule has 2 aromatic heterocycles. The average Bonchev–Trinajstić information content (AvgIpc) is 2.90. The molecule has 3 heteroatoms. The van der Waals surface area contributed by atoms with E-state index in [9.17, 15) is 0 Å². The number of piperidine rings is 1. The molecule has 2 aromatic rings. The molecule has 0 aromatic carbocycles. The summed E-state index contributed by atoms with van der Waals surface area (Å²) in [6.45, 7) is 7.06. The smallest absolute Gasteiger partial charge is 0.0913 e. The Labute approximate surface area is 115 Å². The second-order valence-electron chi connectivity index (χ2n) is 5.71. The monoisotopic (exact) mass is 257 g/mol. The van der Waals surface area contributed by atoms with Gasteiger partial charge in [-0.3, -0.25) is 4.98 Å². The van der Waals surface area contributed by atoms with E-state index in [1.165, 1.54) is 48.9 Å². The maximum Gasteiger partial charge on any atom is 0.0913 e. The Balaban J connectivity index is 1.75. The van der Waals surface area contributed by atoms with Crippen LogP contribution in [0.25, 0.3) is 11.0 Å². The van der Waals surface area contributed by atoms with E-state index in [4.69, 9.17) is 0 Å². The SMILES string of the molecule is CCC(C)N1CCC(c2c[nH]c3cccnc23)CC1. The maximum absolute atomic E-state index is 4.54. The van der Waals surface area contributed by atoms with Crippen molar-refractivity contribution in [1.82, 2.24) is 14.9 Å². The quantitative estimate of drug-likeness (QED) is 0.912. The van der Waals surface area contributed by atoms with E-state index >= 15 is 0 Å². The summed E-state index contributed by atoms with van der Waals surface area (Å²) < 4.78 is 0. The molecule has 1 aliphatic heterocycles. The lowest BCUT2D eigenvalue weighted by Crippen LogP contribution is -2.39. The number of aromatic amines is 1. The summed E-state index contributed by atoms with van der Waals surface area (Å²) in [7, 11) is 0. The number of nitrogens with one attached hydrogen (secondary N) is 1. The molecule has 3 nitrogen and oxygen atoms in total. The highest BCUT2D eigenvalue weighted by molar-refractivity contribution is 5.79. The molecule has 1 unspecified atom stereocenters. The van der Waals surface area contributed by atoms with Gasteiger partial charge in [0.05, 0.1) is 11.0 Å². The Morgan fingerprint density at radius 3 is 2.95 bits per heavy atom. The fourth-order valence-corrected chi connectivity index (χ4v) is 3.20. The Bertz CT molecular complexity index is 538. The summed E-state index contributed by atoms with van der Waals surface area (Å²) in [5, 5.41) is 0. The first kappa shape index (κ1) is 12.7. The van der Waals surface area contributed by atoms with Crippen LogP contribution in [0, 0.1) is 0 Å². The van der Waals surface area contributed by atoms with Gasteiger partial charge < -0.3 is 9.88 Å². The van der Waals surface area contributed by atoms with Gasteiger partial charge >= 0.3 is 0 Å². The lowest BCUT2D eigenvalue weighted by atomic mass is 9.89. The third kappa shape index (κ3) is 2.39. The summed E-state index contributed by atoms with van der Waals surface area (Å²) >= 11 is 0. The highest BCUT2D eigenvalue weighted by Crippen LogP contribution is 2.32. The van der Waals surface area contributed by atoms with Gasteiger partial charge in [-0.2, -0.15) is 0 Å². The van der Waals surface area contributed by atoms with Crippen LogP contribution in [0.3, 0.4) is 0 Å². The number of rotatable bonds is 3. The highest BCUT2D eigenvalue weighted by atomic mass is 15.2. The van der Waals surface area contributed by atoms with E-state index in [1.807, 2.05) is 12.3 Å². The first-order valence-corrected chi connectivity index (χ1v) is 7.45. The van der Waals surface area contributed by atoms with Crippen molar-refractivity contribution in [3.05, 3.63) is 30.1 Å². The topological polar surface area (TPSA) is 31.9 Å². The Morgan fingerprint density at radius 1 is 1.42 bits per heavy atom. The van der Waals surface area contributed by atoms with Crippen LogP contribution in [0.15, 0.2) is 24.5 Å². The zero-order valence-corrected chi connectivity index (χ0v) is 11.9. The molecular weight excluding hydrogens is 234 g/mol. The minimum absolute atomic E-state index is 0.670. The van der Waals surface area contributed by atoms with Gasteiger partial charge in [0.15, 0.2) is 0 Å². The van der Waals surface area contributed by atoms with Crippen LogP contribution in [0.2, 0.25) is 0 Å². The van der Waals surface area contributed by atoms with Crippen molar-refractivity contribution in [3.8, 4) is 0 Å². The van der Waals surface area contributed by atoms with E-state index in [2.05, 4.69) is 41.0 Å². The number of hydrogen-bond acceptors (Lipinski definition) is 2. The Kier molecular flexibility index (Phi) is 3.56. The van der Waals surface area contributed by atoms with E-state index in [-0.39, 0.29) is 0 Å². The molecule has 102 valence electrons. The molecule has 0 saturated carbocycles. The maximum atomic E-state index is 4.54. The lowest BCUT2D eigenvalue weighted by Gasteiger charge is -2.35. The van der Waals surface area contributed by atoms with Crippen LogP contribution < -0.4 is 0 Å². The number of H-pyrrole nitrogens is 1. The largest absolute Gasteiger partial charge is 0.360 e. The van der Waals surface area contributed by atoms with Crippen molar-refractivity contribution in [1.29, 1.82) is 0 Å². The first-order valence-electron chi connectivity index (χ1n) is 7.45. The van der Waals surface area contributed by atoms with Crippen molar-refractivity contribution in [2.75, 3.05) is 13.1 Å². The molecule has 1 N–H and O–H groups in total. The van der Waals surface area contributed by atoms with Crippen LogP contribution >= 0.6 is 0 Å². The van der Waals surface area contributed by atoms with Crippen molar-refractivity contribution in [2.45, 2.75) is 45.1 Å². The molecule has 3 heterocycles. The third-order valence-electron chi connectivity index (χ3n) is 4.65. The number of aromatic nitrogens is 2. The molecule has 0 amide bonds. The van der Waals surface area contributed by atoms with Gasteiger partial charge in [-0.05, 0) is 62.9 Å². The molecule has 0 aliphatic carbocycles. The fourth-order valence-electron chi connectivity index (χ4n) is 3.20. The zero-order chi connectivity index (χ0) is 13.2. The van der Waals surface area contributed by atoms with E-state index in [1.54, 1.807) is 0 Å². The number of fused-ring (bicyclic) bond motifs is 1. The van der Waals surface area contributed by atoms with E-state index < -0.39 is 0 Å².